The molecule has 2 amide bonds. The zero-order chi connectivity index (χ0) is 22.4. The summed E-state index contributed by atoms with van der Waals surface area (Å²) in [5, 5.41) is 14.5. The lowest BCUT2D eigenvalue weighted by atomic mass is 10.0. The maximum Gasteiger partial charge on any atom is 0.303 e. The fraction of sp³-hybridized carbons (Fsp3) is 0.409. The van der Waals surface area contributed by atoms with E-state index in [9.17, 15) is 14.4 Å². The Hall–Kier alpha value is -2.42. The molecule has 0 radical (unpaired) electrons. The molecule has 1 aromatic heterocycles. The molecule has 1 aromatic carbocycles. The minimum atomic E-state index is -0.939. The number of carbonyl (C=O) groups is 3. The average Bonchev–Trinajstić information content (AvgIpc) is 3.08. The SMILES string of the molecule is CN1CCc2ccc(NC(=O)C(CCCC(=O)O)NC(=O)c3ccc(Cl)s3)cc2CC1. The minimum Gasteiger partial charge on any atom is -0.481 e. The molecule has 2 heterocycles. The highest BCUT2D eigenvalue weighted by atomic mass is 35.5. The highest BCUT2D eigenvalue weighted by Crippen LogP contribution is 2.22. The number of fused-ring (bicyclic) bond motifs is 1. The largest absolute Gasteiger partial charge is 0.481 e. The van der Waals surface area contributed by atoms with Crippen LogP contribution in [0.3, 0.4) is 0 Å². The normalized spacial score (nSPS) is 14.9. The molecule has 0 bridgehead atoms. The van der Waals surface area contributed by atoms with Gasteiger partial charge in [0.2, 0.25) is 5.91 Å². The number of thiophene rings is 1. The van der Waals surface area contributed by atoms with Crippen molar-refractivity contribution in [1.82, 2.24) is 10.2 Å². The van der Waals surface area contributed by atoms with E-state index in [2.05, 4.69) is 22.6 Å². The Labute approximate surface area is 190 Å². The molecule has 7 nitrogen and oxygen atoms in total. The molecule has 9 heteroatoms. The first-order valence-corrected chi connectivity index (χ1v) is 11.4. The Morgan fingerprint density at radius 2 is 1.90 bits per heavy atom. The van der Waals surface area contributed by atoms with E-state index in [1.54, 1.807) is 12.1 Å². The van der Waals surface area contributed by atoms with E-state index in [4.69, 9.17) is 16.7 Å². The predicted molar refractivity (Wildman–Crippen MR) is 122 cm³/mol. The third-order valence-corrected chi connectivity index (χ3v) is 6.53. The molecular formula is C22H26ClN3O4S. The number of benzene rings is 1. The summed E-state index contributed by atoms with van der Waals surface area (Å²) in [7, 11) is 2.10. The first-order chi connectivity index (χ1) is 14.8. The second-order valence-electron chi connectivity index (χ2n) is 7.69. The number of rotatable bonds is 8. The molecule has 1 aliphatic rings. The summed E-state index contributed by atoms with van der Waals surface area (Å²) >= 11 is 7.02. The van der Waals surface area contributed by atoms with Crippen LogP contribution in [0.15, 0.2) is 30.3 Å². The third kappa shape index (κ3) is 6.78. The van der Waals surface area contributed by atoms with Crippen LogP contribution in [0.25, 0.3) is 0 Å². The number of carboxylic acids is 1. The molecule has 0 saturated carbocycles. The smallest absolute Gasteiger partial charge is 0.303 e. The quantitative estimate of drug-likeness (QED) is 0.557. The van der Waals surface area contributed by atoms with Gasteiger partial charge in [-0.05, 0) is 68.1 Å². The van der Waals surface area contributed by atoms with Gasteiger partial charge in [-0.3, -0.25) is 14.4 Å². The molecule has 3 N–H and O–H groups in total. The molecule has 0 saturated heterocycles. The average molecular weight is 464 g/mol. The van der Waals surface area contributed by atoms with Crippen LogP contribution >= 0.6 is 22.9 Å². The Bertz CT molecular complexity index is 962. The van der Waals surface area contributed by atoms with Gasteiger partial charge < -0.3 is 20.6 Å². The number of halogens is 1. The zero-order valence-corrected chi connectivity index (χ0v) is 18.9. The van der Waals surface area contributed by atoms with Crippen LogP contribution in [-0.4, -0.2) is 54.0 Å². The molecule has 0 fully saturated rings. The van der Waals surface area contributed by atoms with E-state index >= 15 is 0 Å². The number of nitrogens with one attached hydrogen (secondary N) is 2. The summed E-state index contributed by atoms with van der Waals surface area (Å²) < 4.78 is 0.479. The van der Waals surface area contributed by atoms with Crippen molar-refractivity contribution in [2.75, 3.05) is 25.5 Å². The lowest BCUT2D eigenvalue weighted by Crippen LogP contribution is -2.43. The Morgan fingerprint density at radius 3 is 2.58 bits per heavy atom. The van der Waals surface area contributed by atoms with Crippen LogP contribution in [0.4, 0.5) is 5.69 Å². The van der Waals surface area contributed by atoms with Gasteiger partial charge in [0.15, 0.2) is 0 Å². The van der Waals surface area contributed by atoms with E-state index < -0.39 is 17.9 Å². The maximum absolute atomic E-state index is 12.9. The number of hydrogen-bond donors (Lipinski definition) is 3. The van der Waals surface area contributed by atoms with Crippen molar-refractivity contribution >= 4 is 46.4 Å². The van der Waals surface area contributed by atoms with Crippen molar-refractivity contribution in [1.29, 1.82) is 0 Å². The lowest BCUT2D eigenvalue weighted by molar-refractivity contribution is -0.137. The van der Waals surface area contributed by atoms with E-state index in [1.165, 1.54) is 11.1 Å². The summed E-state index contributed by atoms with van der Waals surface area (Å²) in [5.74, 6) is -1.71. The van der Waals surface area contributed by atoms with Gasteiger partial charge in [0, 0.05) is 25.2 Å². The molecule has 2 aromatic rings. The summed E-state index contributed by atoms with van der Waals surface area (Å²) in [6, 6.07) is 8.26. The number of nitrogens with zero attached hydrogens (tertiary/aromatic N) is 1. The van der Waals surface area contributed by atoms with Crippen molar-refractivity contribution in [2.45, 2.75) is 38.1 Å². The second kappa shape index (κ2) is 10.7. The Balaban J connectivity index is 1.70. The van der Waals surface area contributed by atoms with E-state index in [-0.39, 0.29) is 25.2 Å². The number of hydrogen-bond acceptors (Lipinski definition) is 5. The van der Waals surface area contributed by atoms with Crippen LogP contribution in [0.5, 0.6) is 0 Å². The number of carboxylic acid groups (broad SMARTS) is 1. The van der Waals surface area contributed by atoms with Gasteiger partial charge in [0.05, 0.1) is 9.21 Å². The topological polar surface area (TPSA) is 98.7 Å². The second-order valence-corrected chi connectivity index (χ2v) is 9.41. The Morgan fingerprint density at radius 1 is 1.16 bits per heavy atom. The van der Waals surface area contributed by atoms with Gasteiger partial charge in [-0.1, -0.05) is 17.7 Å². The first kappa shape index (κ1) is 23.2. The van der Waals surface area contributed by atoms with Gasteiger partial charge in [0.25, 0.3) is 5.91 Å². The molecule has 0 spiro atoms. The van der Waals surface area contributed by atoms with Crippen molar-refractivity contribution in [3.8, 4) is 0 Å². The van der Waals surface area contributed by atoms with Crippen LogP contribution in [-0.2, 0) is 22.4 Å². The summed E-state index contributed by atoms with van der Waals surface area (Å²) in [6.07, 6.45) is 2.30. The molecule has 31 heavy (non-hydrogen) atoms. The fourth-order valence-corrected chi connectivity index (χ4v) is 4.48. The summed E-state index contributed by atoms with van der Waals surface area (Å²) in [4.78, 5) is 39.0. The van der Waals surface area contributed by atoms with Gasteiger partial charge >= 0.3 is 5.97 Å². The van der Waals surface area contributed by atoms with Gasteiger partial charge in [-0.2, -0.15) is 0 Å². The molecule has 1 unspecified atom stereocenters. The fourth-order valence-electron chi connectivity index (χ4n) is 3.54. The standard InChI is InChI=1S/C22H26ClN3O4S/c1-26-11-9-14-5-6-16(13-15(14)10-12-26)24-21(29)17(3-2-4-20(27)28)25-22(30)18-7-8-19(23)31-18/h5-8,13,17H,2-4,9-12H2,1H3,(H,24,29)(H,25,30)(H,27,28). The number of aliphatic carboxylic acids is 1. The van der Waals surface area contributed by atoms with Crippen LogP contribution in [0.2, 0.25) is 4.34 Å². The lowest BCUT2D eigenvalue weighted by Gasteiger charge is -2.18. The van der Waals surface area contributed by atoms with E-state index in [1.807, 2.05) is 18.2 Å². The number of amides is 2. The molecule has 0 aliphatic carbocycles. The van der Waals surface area contributed by atoms with Crippen LogP contribution < -0.4 is 10.6 Å². The Kier molecular flexibility index (Phi) is 8.06. The highest BCUT2D eigenvalue weighted by Gasteiger charge is 2.23. The number of anilines is 1. The summed E-state index contributed by atoms with van der Waals surface area (Å²) in [5.41, 5.74) is 3.16. The maximum atomic E-state index is 12.9. The number of likely N-dealkylation sites (N-methyl/N-ethyl adjacent to an activating group) is 1. The molecule has 1 aliphatic heterocycles. The zero-order valence-electron chi connectivity index (χ0n) is 17.3. The molecule has 166 valence electrons. The van der Waals surface area contributed by atoms with Gasteiger partial charge in [0.1, 0.15) is 6.04 Å². The van der Waals surface area contributed by atoms with Gasteiger partial charge in [-0.25, -0.2) is 0 Å². The first-order valence-electron chi connectivity index (χ1n) is 10.2. The van der Waals surface area contributed by atoms with E-state index in [0.29, 0.717) is 14.9 Å². The van der Waals surface area contributed by atoms with Gasteiger partial charge in [-0.15, -0.1) is 11.3 Å². The van der Waals surface area contributed by atoms with Crippen molar-refractivity contribution < 1.29 is 19.5 Å². The van der Waals surface area contributed by atoms with Crippen LogP contribution in [0.1, 0.15) is 40.1 Å². The van der Waals surface area contributed by atoms with Crippen molar-refractivity contribution in [2.24, 2.45) is 0 Å². The van der Waals surface area contributed by atoms with Crippen LogP contribution in [0, 0.1) is 0 Å². The summed E-state index contributed by atoms with van der Waals surface area (Å²) in [6.45, 7) is 1.96. The van der Waals surface area contributed by atoms with E-state index in [0.717, 1.165) is 37.3 Å². The highest BCUT2D eigenvalue weighted by molar-refractivity contribution is 7.18. The monoisotopic (exact) mass is 463 g/mol. The minimum absolute atomic E-state index is 0.0726. The third-order valence-electron chi connectivity index (χ3n) is 5.30. The molecule has 3 rings (SSSR count). The van der Waals surface area contributed by atoms with Crippen molar-refractivity contribution in [3.63, 3.8) is 0 Å². The van der Waals surface area contributed by atoms with Crippen molar-refractivity contribution in [3.05, 3.63) is 50.7 Å². The molecule has 1 atom stereocenters. The predicted octanol–water partition coefficient (Wildman–Crippen LogP) is 3.42. The number of carbonyl (C=O) groups excluding carboxylic acids is 2. The molecular weight excluding hydrogens is 438 g/mol.